The Morgan fingerprint density at radius 3 is 1.75 bits per heavy atom. The summed E-state index contributed by atoms with van der Waals surface area (Å²) < 4.78 is 0. The van der Waals surface area contributed by atoms with Gasteiger partial charge in [0.05, 0.1) is 0 Å². The number of hydrogen-bond donors (Lipinski definition) is 0. The van der Waals surface area contributed by atoms with Gasteiger partial charge in [-0.05, 0) is 47.9 Å². The number of unbranched alkanes of at least 4 members (excludes halogenated alkanes) is 1. The molecule has 2 aromatic rings. The van der Waals surface area contributed by atoms with E-state index in [1.54, 1.807) is 0 Å². The maximum absolute atomic E-state index is 3.77. The highest BCUT2D eigenvalue weighted by atomic mass is 14.0. The monoisotopic (exact) mass is 264 g/mol. The second-order valence-corrected chi connectivity index (χ2v) is 5.32. The molecule has 0 fully saturated rings. The molecule has 0 atom stereocenters. The summed E-state index contributed by atoms with van der Waals surface area (Å²) in [6, 6.07) is 17.9. The van der Waals surface area contributed by atoms with Crippen molar-refractivity contribution in [3.63, 3.8) is 0 Å². The first-order valence-corrected chi connectivity index (χ1v) is 7.62. The minimum Gasteiger partial charge on any atom is -0.103 e. The summed E-state index contributed by atoms with van der Waals surface area (Å²) in [5, 5.41) is 0. The van der Waals surface area contributed by atoms with Gasteiger partial charge in [-0.25, -0.2) is 0 Å². The Balaban J connectivity index is 2.05. The predicted molar refractivity (Wildman–Crippen MR) is 89.0 cm³/mol. The molecule has 0 saturated carbocycles. The smallest absolute Gasteiger partial charge is 0.0184 e. The van der Waals surface area contributed by atoms with Gasteiger partial charge in [0.1, 0.15) is 0 Å². The SMILES string of the molecule is C=CCCc1ccc(-c2ccc(CCCC)cc2)cc1. The van der Waals surface area contributed by atoms with E-state index < -0.39 is 0 Å². The summed E-state index contributed by atoms with van der Waals surface area (Å²) >= 11 is 0. The van der Waals surface area contributed by atoms with Gasteiger partial charge in [0.25, 0.3) is 0 Å². The molecular formula is C20H24. The summed E-state index contributed by atoms with van der Waals surface area (Å²) in [5.41, 5.74) is 5.43. The van der Waals surface area contributed by atoms with Crippen molar-refractivity contribution in [2.75, 3.05) is 0 Å². The van der Waals surface area contributed by atoms with Gasteiger partial charge in [-0.3, -0.25) is 0 Å². The van der Waals surface area contributed by atoms with E-state index in [1.165, 1.54) is 41.5 Å². The minimum atomic E-state index is 1.05. The van der Waals surface area contributed by atoms with Crippen molar-refractivity contribution in [1.82, 2.24) is 0 Å². The normalized spacial score (nSPS) is 10.4. The molecule has 0 aliphatic carbocycles. The molecule has 104 valence electrons. The lowest BCUT2D eigenvalue weighted by molar-refractivity contribution is 0.795. The minimum absolute atomic E-state index is 1.05. The average molecular weight is 264 g/mol. The van der Waals surface area contributed by atoms with E-state index in [2.05, 4.69) is 62.0 Å². The van der Waals surface area contributed by atoms with Gasteiger partial charge in [0.2, 0.25) is 0 Å². The number of benzene rings is 2. The summed E-state index contributed by atoms with van der Waals surface area (Å²) in [7, 11) is 0. The zero-order valence-corrected chi connectivity index (χ0v) is 12.4. The van der Waals surface area contributed by atoms with E-state index in [0.29, 0.717) is 0 Å². The zero-order valence-electron chi connectivity index (χ0n) is 12.4. The number of rotatable bonds is 7. The molecule has 0 spiro atoms. The number of aryl methyl sites for hydroxylation is 2. The van der Waals surface area contributed by atoms with Crippen LogP contribution in [0, 0.1) is 0 Å². The largest absolute Gasteiger partial charge is 0.103 e. The Bertz CT molecular complexity index is 517. The Labute approximate surface area is 123 Å². The fourth-order valence-corrected chi connectivity index (χ4v) is 2.38. The van der Waals surface area contributed by atoms with Gasteiger partial charge in [-0.1, -0.05) is 68.0 Å². The molecule has 2 aromatic carbocycles. The van der Waals surface area contributed by atoms with Crippen molar-refractivity contribution in [3.8, 4) is 11.1 Å². The van der Waals surface area contributed by atoms with Crippen molar-refractivity contribution in [1.29, 1.82) is 0 Å². The van der Waals surface area contributed by atoms with Crippen molar-refractivity contribution >= 4 is 0 Å². The second kappa shape index (κ2) is 7.69. The predicted octanol–water partition coefficient (Wildman–Crippen LogP) is 5.81. The topological polar surface area (TPSA) is 0 Å². The molecule has 0 heterocycles. The van der Waals surface area contributed by atoms with Crippen molar-refractivity contribution in [3.05, 3.63) is 72.3 Å². The molecular weight excluding hydrogens is 240 g/mol. The molecule has 0 nitrogen and oxygen atoms in total. The highest BCUT2D eigenvalue weighted by Crippen LogP contribution is 2.21. The lowest BCUT2D eigenvalue weighted by Gasteiger charge is -2.06. The Morgan fingerprint density at radius 1 is 0.800 bits per heavy atom. The van der Waals surface area contributed by atoms with Gasteiger partial charge in [-0.15, -0.1) is 6.58 Å². The van der Waals surface area contributed by atoms with E-state index in [1.807, 2.05) is 6.08 Å². The van der Waals surface area contributed by atoms with Crippen LogP contribution in [0.3, 0.4) is 0 Å². The van der Waals surface area contributed by atoms with Crippen molar-refractivity contribution < 1.29 is 0 Å². The maximum atomic E-state index is 3.77. The van der Waals surface area contributed by atoms with Crippen LogP contribution in [-0.4, -0.2) is 0 Å². The second-order valence-electron chi connectivity index (χ2n) is 5.32. The Morgan fingerprint density at radius 2 is 1.30 bits per heavy atom. The third-order valence-electron chi connectivity index (χ3n) is 3.70. The molecule has 0 amide bonds. The fourth-order valence-electron chi connectivity index (χ4n) is 2.38. The first-order valence-electron chi connectivity index (χ1n) is 7.62. The molecule has 0 radical (unpaired) electrons. The maximum Gasteiger partial charge on any atom is -0.0184 e. The molecule has 0 aromatic heterocycles. The van der Waals surface area contributed by atoms with Crippen LogP contribution in [0.5, 0.6) is 0 Å². The van der Waals surface area contributed by atoms with Crippen LogP contribution in [0.15, 0.2) is 61.2 Å². The van der Waals surface area contributed by atoms with E-state index in [-0.39, 0.29) is 0 Å². The van der Waals surface area contributed by atoms with Crippen LogP contribution < -0.4 is 0 Å². The van der Waals surface area contributed by atoms with Gasteiger partial charge >= 0.3 is 0 Å². The summed E-state index contributed by atoms with van der Waals surface area (Å²) in [4.78, 5) is 0. The fraction of sp³-hybridized carbons (Fsp3) is 0.300. The van der Waals surface area contributed by atoms with E-state index in [9.17, 15) is 0 Å². The quantitative estimate of drug-likeness (QED) is 0.553. The lowest BCUT2D eigenvalue weighted by Crippen LogP contribution is -1.86. The molecule has 0 saturated heterocycles. The summed E-state index contributed by atoms with van der Waals surface area (Å²) in [6.45, 7) is 6.01. The van der Waals surface area contributed by atoms with E-state index >= 15 is 0 Å². The van der Waals surface area contributed by atoms with Crippen LogP contribution in [0.1, 0.15) is 37.3 Å². The average Bonchev–Trinajstić information content (AvgIpc) is 2.52. The lowest BCUT2D eigenvalue weighted by atomic mass is 10.00. The Kier molecular flexibility index (Phi) is 5.61. The van der Waals surface area contributed by atoms with Crippen LogP contribution in [0.25, 0.3) is 11.1 Å². The van der Waals surface area contributed by atoms with Crippen molar-refractivity contribution in [2.45, 2.75) is 39.0 Å². The van der Waals surface area contributed by atoms with Crippen LogP contribution in [-0.2, 0) is 12.8 Å². The molecule has 0 unspecified atom stereocenters. The number of allylic oxidation sites excluding steroid dienone is 1. The first-order chi connectivity index (χ1) is 9.83. The highest BCUT2D eigenvalue weighted by molar-refractivity contribution is 5.63. The molecule has 0 aliphatic rings. The third-order valence-corrected chi connectivity index (χ3v) is 3.70. The molecule has 0 bridgehead atoms. The van der Waals surface area contributed by atoms with Crippen molar-refractivity contribution in [2.24, 2.45) is 0 Å². The van der Waals surface area contributed by atoms with E-state index in [4.69, 9.17) is 0 Å². The van der Waals surface area contributed by atoms with Gasteiger partial charge in [-0.2, -0.15) is 0 Å². The van der Waals surface area contributed by atoms with Crippen LogP contribution in [0.4, 0.5) is 0 Å². The standard InChI is InChI=1S/C20H24/c1-3-5-7-17-9-13-19(14-10-17)20-15-11-18(12-16-20)8-6-4-2/h3,9-16H,1,4-8H2,2H3. The summed E-state index contributed by atoms with van der Waals surface area (Å²) in [6.07, 6.45) is 7.83. The third kappa shape index (κ3) is 4.09. The highest BCUT2D eigenvalue weighted by Gasteiger charge is 1.99. The Hall–Kier alpha value is -1.82. The molecule has 0 N–H and O–H groups in total. The molecule has 0 aliphatic heterocycles. The van der Waals surface area contributed by atoms with E-state index in [0.717, 1.165) is 12.8 Å². The van der Waals surface area contributed by atoms with Crippen LogP contribution >= 0.6 is 0 Å². The van der Waals surface area contributed by atoms with Gasteiger partial charge in [0, 0.05) is 0 Å². The molecule has 0 heteroatoms. The van der Waals surface area contributed by atoms with Gasteiger partial charge in [0.15, 0.2) is 0 Å². The first kappa shape index (κ1) is 14.6. The number of hydrogen-bond acceptors (Lipinski definition) is 0. The molecule has 20 heavy (non-hydrogen) atoms. The molecule has 2 rings (SSSR count). The van der Waals surface area contributed by atoms with Gasteiger partial charge < -0.3 is 0 Å². The summed E-state index contributed by atoms with van der Waals surface area (Å²) in [5.74, 6) is 0. The zero-order chi connectivity index (χ0) is 14.2. The van der Waals surface area contributed by atoms with Crippen LogP contribution in [0.2, 0.25) is 0 Å².